The molecule has 0 aromatic carbocycles. The maximum Gasteiger partial charge on any atom is 0.397 e. The van der Waals surface area contributed by atoms with Gasteiger partial charge in [0.05, 0.1) is 5.75 Å². The lowest BCUT2D eigenvalue weighted by atomic mass is 10.2. The molecule has 0 unspecified atom stereocenters. The van der Waals surface area contributed by atoms with E-state index in [4.69, 9.17) is 0 Å². The molecule has 4 heteroatoms. The Kier molecular flexibility index (Phi) is 4.97. The molecule has 11 heavy (non-hydrogen) atoms. The van der Waals surface area contributed by atoms with Crippen LogP contribution in [0.15, 0.2) is 0 Å². The Bertz CT molecular complexity index is 100. The van der Waals surface area contributed by atoms with Gasteiger partial charge in [-0.1, -0.05) is 20.3 Å². The normalized spacial score (nSPS) is 15.0. The van der Waals surface area contributed by atoms with Crippen LogP contribution in [0.1, 0.15) is 20.3 Å². The van der Waals surface area contributed by atoms with Crippen LogP contribution in [0.2, 0.25) is 0 Å². The van der Waals surface area contributed by atoms with Crippen LogP contribution in [0.4, 0.5) is 13.2 Å². The monoisotopic (exact) mass is 186 g/mol. The Morgan fingerprint density at radius 1 is 1.36 bits per heavy atom. The molecule has 0 aromatic rings. The maximum atomic E-state index is 11.6. The van der Waals surface area contributed by atoms with Gasteiger partial charge in [-0.2, -0.15) is 24.9 Å². The van der Waals surface area contributed by atoms with Gasteiger partial charge < -0.3 is 0 Å². The van der Waals surface area contributed by atoms with E-state index in [0.29, 0.717) is 11.7 Å². The van der Waals surface area contributed by atoms with Crippen molar-refractivity contribution in [3.05, 3.63) is 0 Å². The van der Waals surface area contributed by atoms with Crippen LogP contribution in [-0.4, -0.2) is 17.7 Å². The number of alkyl halides is 3. The second-order valence-corrected chi connectivity index (χ2v) is 3.67. The van der Waals surface area contributed by atoms with Crippen molar-refractivity contribution in [2.75, 3.05) is 11.5 Å². The molecule has 0 rings (SSSR count). The second-order valence-electron chi connectivity index (χ2n) is 2.64. The molecule has 0 nitrogen and oxygen atoms in total. The molecule has 1 atom stereocenters. The average Bonchev–Trinajstić information content (AvgIpc) is 1.85. The molecule has 0 aromatic heterocycles. The lowest BCUT2D eigenvalue weighted by Gasteiger charge is -2.09. The van der Waals surface area contributed by atoms with Crippen molar-refractivity contribution in [1.82, 2.24) is 0 Å². The van der Waals surface area contributed by atoms with Gasteiger partial charge in [-0.25, -0.2) is 0 Å². The zero-order valence-electron chi connectivity index (χ0n) is 6.74. The zero-order chi connectivity index (χ0) is 8.91. The Morgan fingerprint density at radius 2 is 1.91 bits per heavy atom. The molecule has 68 valence electrons. The molecule has 0 aliphatic rings. The molecule has 0 saturated heterocycles. The lowest BCUT2D eigenvalue weighted by molar-refractivity contribution is -0.105. The van der Waals surface area contributed by atoms with Crippen LogP contribution in [0, 0.1) is 5.92 Å². The molecule has 0 radical (unpaired) electrons. The first kappa shape index (κ1) is 11.1. The first-order valence-corrected chi connectivity index (χ1v) is 4.75. The SMILES string of the molecule is CC[C@@H](C)CSCC(F)(F)F. The van der Waals surface area contributed by atoms with Gasteiger partial charge in [0, 0.05) is 0 Å². The third-order valence-corrected chi connectivity index (χ3v) is 2.70. The van der Waals surface area contributed by atoms with E-state index in [9.17, 15) is 13.2 Å². The standard InChI is InChI=1S/C7H13F3S/c1-3-6(2)4-11-5-7(8,9)10/h6H,3-5H2,1-2H3/t6-/m1/s1. The van der Waals surface area contributed by atoms with Gasteiger partial charge in [0.25, 0.3) is 0 Å². The molecule has 0 N–H and O–H groups in total. The second kappa shape index (κ2) is 4.91. The Balaban J connectivity index is 3.28. The third kappa shape index (κ3) is 8.04. The fourth-order valence-corrected chi connectivity index (χ4v) is 1.48. The smallest absolute Gasteiger partial charge is 0.170 e. The van der Waals surface area contributed by atoms with Gasteiger partial charge in [-0.05, 0) is 11.7 Å². The number of rotatable bonds is 4. The summed E-state index contributed by atoms with van der Waals surface area (Å²) >= 11 is 0.968. The highest BCUT2D eigenvalue weighted by Crippen LogP contribution is 2.22. The van der Waals surface area contributed by atoms with Crippen LogP contribution >= 0.6 is 11.8 Å². The minimum atomic E-state index is -4.00. The highest BCUT2D eigenvalue weighted by Gasteiger charge is 2.26. The Labute approximate surface area is 69.5 Å². The summed E-state index contributed by atoms with van der Waals surface area (Å²) in [5, 5.41) is 0. The third-order valence-electron chi connectivity index (χ3n) is 1.37. The highest BCUT2D eigenvalue weighted by atomic mass is 32.2. The molecule has 0 aliphatic carbocycles. The minimum Gasteiger partial charge on any atom is -0.170 e. The summed E-state index contributed by atoms with van der Waals surface area (Å²) in [5.74, 6) is 0.287. The summed E-state index contributed by atoms with van der Waals surface area (Å²) in [6.45, 7) is 3.95. The predicted octanol–water partition coefficient (Wildman–Crippen LogP) is 3.33. The summed E-state index contributed by atoms with van der Waals surface area (Å²) in [7, 11) is 0. The van der Waals surface area contributed by atoms with E-state index < -0.39 is 11.9 Å². The van der Waals surface area contributed by atoms with E-state index in [0.717, 1.165) is 18.2 Å². The highest BCUT2D eigenvalue weighted by molar-refractivity contribution is 7.99. The molecule has 0 fully saturated rings. The summed E-state index contributed by atoms with van der Waals surface area (Å²) in [4.78, 5) is 0. The van der Waals surface area contributed by atoms with Crippen molar-refractivity contribution in [2.24, 2.45) is 5.92 Å². The molecule has 0 bridgehead atoms. The van der Waals surface area contributed by atoms with Crippen LogP contribution < -0.4 is 0 Å². The van der Waals surface area contributed by atoms with E-state index in [1.165, 1.54) is 0 Å². The number of thioether (sulfide) groups is 1. The van der Waals surface area contributed by atoms with Crippen molar-refractivity contribution in [3.63, 3.8) is 0 Å². The van der Waals surface area contributed by atoms with Gasteiger partial charge in [-0.3, -0.25) is 0 Å². The summed E-state index contributed by atoms with van der Waals surface area (Å²) in [6.07, 6.45) is -3.05. The number of hydrogen-bond acceptors (Lipinski definition) is 1. The fourth-order valence-electron chi connectivity index (χ4n) is 0.494. The number of halogens is 3. The van der Waals surface area contributed by atoms with Crippen LogP contribution in [0.3, 0.4) is 0 Å². The van der Waals surface area contributed by atoms with Gasteiger partial charge in [-0.15, -0.1) is 0 Å². The quantitative estimate of drug-likeness (QED) is 0.649. The van der Waals surface area contributed by atoms with E-state index in [-0.39, 0.29) is 0 Å². The summed E-state index contributed by atoms with van der Waals surface area (Å²) in [5.41, 5.74) is 0. The predicted molar refractivity (Wildman–Crippen MR) is 42.8 cm³/mol. The zero-order valence-corrected chi connectivity index (χ0v) is 7.56. The first-order chi connectivity index (χ1) is 4.95. The topological polar surface area (TPSA) is 0 Å². The van der Waals surface area contributed by atoms with Crippen molar-refractivity contribution < 1.29 is 13.2 Å². The lowest BCUT2D eigenvalue weighted by Crippen LogP contribution is -2.12. The molecular weight excluding hydrogens is 173 g/mol. The van der Waals surface area contributed by atoms with E-state index in [1.807, 2.05) is 13.8 Å². The van der Waals surface area contributed by atoms with Crippen LogP contribution in [0.5, 0.6) is 0 Å². The summed E-state index contributed by atoms with van der Waals surface area (Å²) < 4.78 is 34.8. The van der Waals surface area contributed by atoms with E-state index >= 15 is 0 Å². The Hall–Kier alpha value is 0.140. The molecular formula is C7H13F3S. The van der Waals surface area contributed by atoms with Crippen LogP contribution in [-0.2, 0) is 0 Å². The molecule has 0 heterocycles. The van der Waals surface area contributed by atoms with E-state index in [2.05, 4.69) is 0 Å². The van der Waals surface area contributed by atoms with Gasteiger partial charge in [0.2, 0.25) is 0 Å². The van der Waals surface area contributed by atoms with Crippen molar-refractivity contribution in [2.45, 2.75) is 26.4 Å². The molecule has 0 amide bonds. The van der Waals surface area contributed by atoms with Gasteiger partial charge >= 0.3 is 6.18 Å². The van der Waals surface area contributed by atoms with Gasteiger partial charge in [0.15, 0.2) is 0 Å². The number of hydrogen-bond donors (Lipinski definition) is 0. The maximum absolute atomic E-state index is 11.6. The van der Waals surface area contributed by atoms with Crippen molar-refractivity contribution in [1.29, 1.82) is 0 Å². The van der Waals surface area contributed by atoms with Crippen LogP contribution in [0.25, 0.3) is 0 Å². The first-order valence-electron chi connectivity index (χ1n) is 3.60. The minimum absolute atomic E-state index is 0.391. The van der Waals surface area contributed by atoms with Crippen molar-refractivity contribution >= 4 is 11.8 Å². The van der Waals surface area contributed by atoms with Gasteiger partial charge in [0.1, 0.15) is 0 Å². The Morgan fingerprint density at radius 3 is 2.27 bits per heavy atom. The molecule has 0 aliphatic heterocycles. The van der Waals surface area contributed by atoms with E-state index in [1.54, 1.807) is 0 Å². The fraction of sp³-hybridized carbons (Fsp3) is 1.00. The largest absolute Gasteiger partial charge is 0.397 e. The molecule has 0 saturated carbocycles. The molecule has 0 spiro atoms. The average molecular weight is 186 g/mol. The van der Waals surface area contributed by atoms with Crippen molar-refractivity contribution in [3.8, 4) is 0 Å². The summed E-state index contributed by atoms with van der Waals surface area (Å²) in [6, 6.07) is 0.